The monoisotopic (exact) mass is 376 g/mol. The molecule has 0 spiro atoms. The van der Waals surface area contributed by atoms with Gasteiger partial charge in [-0.15, -0.1) is 11.3 Å². The lowest BCUT2D eigenvalue weighted by atomic mass is 10.2. The van der Waals surface area contributed by atoms with Crippen LogP contribution in [-0.4, -0.2) is 25.3 Å². The molecule has 2 aliphatic heterocycles. The molecule has 0 radical (unpaired) electrons. The van der Waals surface area contributed by atoms with Gasteiger partial charge < -0.3 is 4.57 Å². The molecule has 0 aromatic carbocycles. The second kappa shape index (κ2) is 6.02. The zero-order chi connectivity index (χ0) is 17.5. The van der Waals surface area contributed by atoms with E-state index in [9.17, 15) is 22.8 Å². The van der Waals surface area contributed by atoms with Crippen molar-refractivity contribution in [1.82, 2.24) is 19.1 Å². The number of rotatable bonds is 3. The normalized spacial score (nSPS) is 12.0. The lowest BCUT2D eigenvalue weighted by molar-refractivity contribution is -0.141. The van der Waals surface area contributed by atoms with Crippen LogP contribution in [0.5, 0.6) is 0 Å². The molecular weight excluding hydrogens is 369 g/mol. The highest BCUT2D eigenvalue weighted by Crippen LogP contribution is 2.22. The molecule has 0 amide bonds. The van der Waals surface area contributed by atoms with Crippen molar-refractivity contribution in [1.29, 1.82) is 0 Å². The van der Waals surface area contributed by atoms with Crippen LogP contribution in [0.2, 0.25) is 4.47 Å². The number of alkyl halides is 3. The molecule has 11 heteroatoms. The summed E-state index contributed by atoms with van der Waals surface area (Å²) in [5.74, 6) is 0.00967. The first-order valence-electron chi connectivity index (χ1n) is 6.51. The van der Waals surface area contributed by atoms with E-state index in [1.54, 1.807) is 6.20 Å². The lowest BCUT2D eigenvalue weighted by Gasteiger charge is -2.15. The second-order valence-electron chi connectivity index (χ2n) is 4.85. The Morgan fingerprint density at radius 1 is 1.29 bits per heavy atom. The van der Waals surface area contributed by atoms with Crippen LogP contribution in [0.3, 0.4) is 0 Å². The molecule has 0 atom stereocenters. The van der Waals surface area contributed by atoms with E-state index >= 15 is 0 Å². The molecule has 0 aliphatic carbocycles. The first-order chi connectivity index (χ1) is 11.2. The van der Waals surface area contributed by atoms with Crippen molar-refractivity contribution in [3.8, 4) is 11.4 Å². The van der Waals surface area contributed by atoms with Gasteiger partial charge in [0.25, 0.3) is 5.56 Å². The topological polar surface area (TPSA) is 69.8 Å². The largest absolute Gasteiger partial charge is 0.406 e. The van der Waals surface area contributed by atoms with Crippen molar-refractivity contribution in [3.05, 3.63) is 54.7 Å². The number of pyridine rings is 1. The van der Waals surface area contributed by atoms with Crippen molar-refractivity contribution in [2.45, 2.75) is 19.3 Å². The van der Waals surface area contributed by atoms with E-state index in [-0.39, 0.29) is 22.5 Å². The summed E-state index contributed by atoms with van der Waals surface area (Å²) in [5, 5.41) is 0. The van der Waals surface area contributed by atoms with Gasteiger partial charge in [-0.25, -0.2) is 14.3 Å². The molecule has 1 aromatic heterocycles. The Labute approximate surface area is 141 Å². The molecule has 24 heavy (non-hydrogen) atoms. The molecule has 3 heterocycles. The Morgan fingerprint density at radius 3 is 2.67 bits per heavy atom. The van der Waals surface area contributed by atoms with Crippen LogP contribution < -0.4 is 11.2 Å². The Balaban J connectivity index is 2.11. The molecule has 2 aliphatic rings. The summed E-state index contributed by atoms with van der Waals surface area (Å²) >= 11 is 6.96. The molecule has 0 saturated heterocycles. The fourth-order valence-electron chi connectivity index (χ4n) is 2.19. The molecule has 126 valence electrons. The van der Waals surface area contributed by atoms with E-state index in [4.69, 9.17) is 11.6 Å². The van der Waals surface area contributed by atoms with Crippen LogP contribution in [0.4, 0.5) is 13.2 Å². The van der Waals surface area contributed by atoms with Crippen LogP contribution in [-0.2, 0) is 13.1 Å². The minimum absolute atomic E-state index is 0.00967. The van der Waals surface area contributed by atoms with Gasteiger partial charge in [-0.1, -0.05) is 11.6 Å². The third-order valence-electron chi connectivity index (χ3n) is 3.14. The van der Waals surface area contributed by atoms with Gasteiger partial charge in [-0.3, -0.25) is 4.79 Å². The Morgan fingerprint density at radius 2 is 2.04 bits per heavy atom. The zero-order valence-electron chi connectivity index (χ0n) is 11.7. The van der Waals surface area contributed by atoms with Crippen molar-refractivity contribution in [2.75, 3.05) is 0 Å². The van der Waals surface area contributed by atoms with Crippen LogP contribution in [0.15, 0.2) is 34.1 Å². The van der Waals surface area contributed by atoms with Crippen LogP contribution in [0.1, 0.15) is 4.88 Å². The summed E-state index contributed by atoms with van der Waals surface area (Å²) in [5.41, 5.74) is -2.34. The third kappa shape index (κ3) is 3.34. The SMILES string of the molecule is O=c1nc2n(Cc3cnc(Cl)s3)cccc-2c(=O)n1CC(F)(F)F. The molecule has 3 rings (SSSR count). The highest BCUT2D eigenvalue weighted by atomic mass is 35.5. The highest BCUT2D eigenvalue weighted by molar-refractivity contribution is 7.15. The minimum Gasteiger partial charge on any atom is -0.327 e. The van der Waals surface area contributed by atoms with Gasteiger partial charge in [0.15, 0.2) is 10.3 Å². The fraction of sp³-hybridized carbons (Fsp3) is 0.231. The van der Waals surface area contributed by atoms with E-state index in [0.717, 1.165) is 4.88 Å². The lowest BCUT2D eigenvalue weighted by Crippen LogP contribution is -2.41. The van der Waals surface area contributed by atoms with E-state index in [0.29, 0.717) is 4.47 Å². The predicted octanol–water partition coefficient (Wildman–Crippen LogP) is 2.23. The Hall–Kier alpha value is -2.20. The average molecular weight is 377 g/mol. The van der Waals surface area contributed by atoms with Gasteiger partial charge in [-0.05, 0) is 12.1 Å². The molecule has 0 unspecified atom stereocenters. The fourth-order valence-corrected chi connectivity index (χ4v) is 3.17. The van der Waals surface area contributed by atoms with Crippen LogP contribution in [0, 0.1) is 0 Å². The summed E-state index contributed by atoms with van der Waals surface area (Å²) in [6, 6.07) is 2.82. The maximum atomic E-state index is 12.5. The van der Waals surface area contributed by atoms with Gasteiger partial charge >= 0.3 is 11.9 Å². The molecule has 6 nitrogen and oxygen atoms in total. The number of aromatic nitrogens is 4. The maximum absolute atomic E-state index is 12.5. The van der Waals surface area contributed by atoms with E-state index in [1.165, 1.54) is 34.2 Å². The van der Waals surface area contributed by atoms with Crippen molar-refractivity contribution >= 4 is 22.9 Å². The highest BCUT2D eigenvalue weighted by Gasteiger charge is 2.31. The number of hydrogen-bond donors (Lipinski definition) is 0. The summed E-state index contributed by atoms with van der Waals surface area (Å²) in [6.07, 6.45) is -1.60. The van der Waals surface area contributed by atoms with E-state index < -0.39 is 24.0 Å². The molecule has 0 bridgehead atoms. The van der Waals surface area contributed by atoms with Crippen LogP contribution in [0.25, 0.3) is 11.4 Å². The number of nitrogens with zero attached hydrogens (tertiary/aromatic N) is 4. The summed E-state index contributed by atoms with van der Waals surface area (Å²) < 4.78 is 39.5. The number of thiazole rings is 1. The van der Waals surface area contributed by atoms with Crippen LogP contribution >= 0.6 is 22.9 Å². The average Bonchev–Trinajstić information content (AvgIpc) is 2.89. The quantitative estimate of drug-likeness (QED) is 0.703. The van der Waals surface area contributed by atoms with E-state index in [2.05, 4.69) is 9.97 Å². The molecule has 0 saturated carbocycles. The van der Waals surface area contributed by atoms with Crippen molar-refractivity contribution < 1.29 is 13.2 Å². The molecule has 0 fully saturated rings. The number of fused-ring (bicyclic) bond motifs is 1. The number of halogens is 4. The maximum Gasteiger partial charge on any atom is 0.406 e. The van der Waals surface area contributed by atoms with E-state index in [1.807, 2.05) is 0 Å². The molecule has 0 N–H and O–H groups in total. The molecule has 1 aromatic rings. The Bertz CT molecular complexity index is 978. The second-order valence-corrected chi connectivity index (χ2v) is 6.55. The van der Waals surface area contributed by atoms with Gasteiger partial charge in [-0.2, -0.15) is 18.2 Å². The Kier molecular flexibility index (Phi) is 4.18. The third-order valence-corrected chi connectivity index (χ3v) is 4.24. The number of hydrogen-bond acceptors (Lipinski definition) is 5. The summed E-state index contributed by atoms with van der Waals surface area (Å²) in [4.78, 5) is 32.3. The van der Waals surface area contributed by atoms with Gasteiger partial charge in [0.2, 0.25) is 0 Å². The standard InChI is InChI=1S/C13H8ClF3N4O2S/c14-11-18-4-7(24-11)5-20-3-1-2-8-9(20)19-12(23)21(10(8)22)6-13(15,16)17/h1-4H,5-6H2. The smallest absolute Gasteiger partial charge is 0.327 e. The zero-order valence-corrected chi connectivity index (χ0v) is 13.3. The first kappa shape index (κ1) is 16.7. The van der Waals surface area contributed by atoms with Crippen molar-refractivity contribution in [2.24, 2.45) is 0 Å². The minimum atomic E-state index is -4.69. The van der Waals surface area contributed by atoms with Gasteiger partial charge in [0, 0.05) is 17.3 Å². The van der Waals surface area contributed by atoms with Gasteiger partial charge in [0.05, 0.1) is 12.1 Å². The van der Waals surface area contributed by atoms with Gasteiger partial charge in [0.1, 0.15) is 6.54 Å². The predicted molar refractivity (Wildman–Crippen MR) is 81.7 cm³/mol. The summed E-state index contributed by atoms with van der Waals surface area (Å²) in [7, 11) is 0. The summed E-state index contributed by atoms with van der Waals surface area (Å²) in [6.45, 7) is -1.44. The van der Waals surface area contributed by atoms with Crippen molar-refractivity contribution in [3.63, 3.8) is 0 Å². The molecular formula is C13H8ClF3N4O2S. The first-order valence-corrected chi connectivity index (χ1v) is 7.71.